The molecule has 0 saturated carbocycles. The molecule has 1 aromatic heterocycles. The number of ether oxygens (including phenoxy) is 2. The number of nitrogens with one attached hydrogen (secondary N) is 1. The smallest absolute Gasteiger partial charge is 0.294 e. The van der Waals surface area contributed by atoms with Crippen molar-refractivity contribution in [1.82, 2.24) is 10.2 Å². The second-order valence-corrected chi connectivity index (χ2v) is 7.72. The average molecular weight is 432 g/mol. The molecule has 1 aliphatic heterocycles. The largest absolute Gasteiger partial charge is 0.496 e. The minimum absolute atomic E-state index is 0.0441. The molecule has 7 nitrogen and oxygen atoms in total. The summed E-state index contributed by atoms with van der Waals surface area (Å²) in [6.45, 7) is 2.06. The van der Waals surface area contributed by atoms with Gasteiger partial charge in [0.05, 0.1) is 12.5 Å². The van der Waals surface area contributed by atoms with Gasteiger partial charge in [-0.3, -0.25) is 9.59 Å². The zero-order valence-electron chi connectivity index (χ0n) is 18.0. The molecule has 3 aromatic rings. The Morgan fingerprint density at radius 2 is 2.00 bits per heavy atom. The number of fused-ring (bicyclic) bond motifs is 3. The predicted octanol–water partition coefficient (Wildman–Crippen LogP) is 3.37. The van der Waals surface area contributed by atoms with Gasteiger partial charge in [-0.2, -0.15) is 0 Å². The Hall–Kier alpha value is -3.92. The van der Waals surface area contributed by atoms with Gasteiger partial charge in [-0.15, -0.1) is 12.3 Å². The minimum atomic E-state index is -1.29. The Morgan fingerprint density at radius 1 is 1.25 bits per heavy atom. The summed E-state index contributed by atoms with van der Waals surface area (Å²) in [7, 11) is 1.58. The average Bonchev–Trinajstić information content (AvgIpc) is 3.15. The Labute approximate surface area is 186 Å². The molecule has 164 valence electrons. The highest BCUT2D eigenvalue weighted by Gasteiger charge is 2.47. The molecule has 0 radical (unpaired) electrons. The first kappa shape index (κ1) is 21.3. The fourth-order valence-electron chi connectivity index (χ4n) is 3.87. The van der Waals surface area contributed by atoms with Crippen LogP contribution in [0.3, 0.4) is 0 Å². The van der Waals surface area contributed by atoms with Gasteiger partial charge >= 0.3 is 0 Å². The molecule has 0 aliphatic carbocycles. The lowest BCUT2D eigenvalue weighted by atomic mass is 9.98. The van der Waals surface area contributed by atoms with Gasteiger partial charge in [-0.1, -0.05) is 30.3 Å². The standard InChI is InChI=1S/C25H24N2O5/c1-4-5-14-27-23(28)22-21(18-11-7-9-13-20(18)32-22)31-16-25(27,2)24(29)26-15-17-10-6-8-12-19(17)30-3/h1,6-13H,5,14-16H2,2-3H3,(H,26,29)/t25-/m1/s1. The number of carbonyl (C=O) groups excluding carboxylic acids is 2. The van der Waals surface area contributed by atoms with Crippen molar-refractivity contribution in [3.05, 3.63) is 59.9 Å². The van der Waals surface area contributed by atoms with E-state index in [2.05, 4.69) is 11.2 Å². The summed E-state index contributed by atoms with van der Waals surface area (Å²) < 4.78 is 17.2. The number of benzene rings is 2. The molecule has 2 aromatic carbocycles. The van der Waals surface area contributed by atoms with E-state index in [0.717, 1.165) is 5.56 Å². The molecule has 32 heavy (non-hydrogen) atoms. The van der Waals surface area contributed by atoms with Crippen LogP contribution in [-0.4, -0.2) is 42.5 Å². The number of terminal acetylenes is 1. The molecule has 1 atom stereocenters. The highest BCUT2D eigenvalue weighted by atomic mass is 16.5. The van der Waals surface area contributed by atoms with Gasteiger partial charge in [-0.25, -0.2) is 0 Å². The highest BCUT2D eigenvalue weighted by Crippen LogP contribution is 2.38. The first-order valence-electron chi connectivity index (χ1n) is 10.3. The molecule has 0 saturated heterocycles. The molecule has 0 spiro atoms. The summed E-state index contributed by atoms with van der Waals surface area (Å²) in [4.78, 5) is 28.3. The highest BCUT2D eigenvalue weighted by molar-refractivity contribution is 6.04. The van der Waals surface area contributed by atoms with Crippen LogP contribution in [0.1, 0.15) is 29.5 Å². The van der Waals surface area contributed by atoms with Gasteiger partial charge in [0.2, 0.25) is 11.7 Å². The zero-order chi connectivity index (χ0) is 22.7. The lowest BCUT2D eigenvalue weighted by molar-refractivity contribution is -0.133. The summed E-state index contributed by atoms with van der Waals surface area (Å²) >= 11 is 0. The number of hydrogen-bond acceptors (Lipinski definition) is 5. The second-order valence-electron chi connectivity index (χ2n) is 7.72. The number of para-hydroxylation sites is 2. The van der Waals surface area contributed by atoms with Crippen LogP contribution in [-0.2, 0) is 11.3 Å². The topological polar surface area (TPSA) is 81.0 Å². The molecule has 2 heterocycles. The number of methoxy groups -OCH3 is 1. The summed E-state index contributed by atoms with van der Waals surface area (Å²) in [6, 6.07) is 14.7. The van der Waals surface area contributed by atoms with E-state index >= 15 is 0 Å². The van der Waals surface area contributed by atoms with Crippen LogP contribution in [0.25, 0.3) is 11.0 Å². The Bertz CT molecular complexity index is 1210. The van der Waals surface area contributed by atoms with Crippen molar-refractivity contribution in [1.29, 1.82) is 0 Å². The molecule has 0 fully saturated rings. The third kappa shape index (κ3) is 3.65. The Morgan fingerprint density at radius 3 is 2.78 bits per heavy atom. The molecular weight excluding hydrogens is 408 g/mol. The van der Waals surface area contributed by atoms with E-state index < -0.39 is 11.4 Å². The molecule has 4 rings (SSSR count). The van der Waals surface area contributed by atoms with Crippen LogP contribution >= 0.6 is 0 Å². The molecule has 1 N–H and O–H groups in total. The van der Waals surface area contributed by atoms with E-state index in [4.69, 9.17) is 20.3 Å². The van der Waals surface area contributed by atoms with E-state index in [1.165, 1.54) is 4.90 Å². The second kappa shape index (κ2) is 8.67. The van der Waals surface area contributed by atoms with Crippen LogP contribution in [0.15, 0.2) is 52.9 Å². The molecular formula is C25H24N2O5. The zero-order valence-corrected chi connectivity index (χ0v) is 18.0. The fraction of sp³-hybridized carbons (Fsp3) is 0.280. The number of carbonyl (C=O) groups is 2. The number of hydrogen-bond donors (Lipinski definition) is 1. The van der Waals surface area contributed by atoms with Gasteiger partial charge in [0, 0.05) is 25.1 Å². The summed E-state index contributed by atoms with van der Waals surface area (Å²) in [5.41, 5.74) is 0.0753. The number of furan rings is 1. The van der Waals surface area contributed by atoms with Crippen LogP contribution in [0.4, 0.5) is 0 Å². The van der Waals surface area contributed by atoms with Gasteiger partial charge in [0.15, 0.2) is 11.3 Å². The third-order valence-corrected chi connectivity index (χ3v) is 5.68. The minimum Gasteiger partial charge on any atom is -0.496 e. The Kier molecular flexibility index (Phi) is 5.78. The van der Waals surface area contributed by atoms with Gasteiger partial charge in [0.25, 0.3) is 5.91 Å². The van der Waals surface area contributed by atoms with Crippen molar-refractivity contribution in [2.45, 2.75) is 25.4 Å². The normalized spacial score (nSPS) is 17.8. The number of amides is 2. The monoisotopic (exact) mass is 432 g/mol. The molecule has 1 aliphatic rings. The lowest BCUT2D eigenvalue weighted by Crippen LogP contribution is -2.61. The summed E-state index contributed by atoms with van der Waals surface area (Å²) in [5, 5.41) is 3.61. The molecule has 0 unspecified atom stereocenters. The van der Waals surface area contributed by atoms with Crippen LogP contribution in [0.2, 0.25) is 0 Å². The molecule has 7 heteroatoms. The van der Waals surface area contributed by atoms with Crippen LogP contribution in [0.5, 0.6) is 11.5 Å². The fourth-order valence-corrected chi connectivity index (χ4v) is 3.87. The van der Waals surface area contributed by atoms with E-state index in [0.29, 0.717) is 22.5 Å². The lowest BCUT2D eigenvalue weighted by Gasteiger charge is -2.37. The number of nitrogens with zero attached hydrogens (tertiary/aromatic N) is 1. The summed E-state index contributed by atoms with van der Waals surface area (Å²) in [6.07, 6.45) is 5.75. The van der Waals surface area contributed by atoms with E-state index in [9.17, 15) is 9.59 Å². The van der Waals surface area contributed by atoms with Crippen molar-refractivity contribution in [3.63, 3.8) is 0 Å². The van der Waals surface area contributed by atoms with Gasteiger partial charge in [-0.05, 0) is 25.1 Å². The van der Waals surface area contributed by atoms with Gasteiger partial charge < -0.3 is 24.1 Å². The Balaban J connectivity index is 1.65. The third-order valence-electron chi connectivity index (χ3n) is 5.68. The first-order chi connectivity index (χ1) is 15.5. The maximum absolute atomic E-state index is 13.5. The van der Waals surface area contributed by atoms with Crippen molar-refractivity contribution in [3.8, 4) is 23.8 Å². The van der Waals surface area contributed by atoms with Crippen molar-refractivity contribution in [2.75, 3.05) is 20.3 Å². The maximum Gasteiger partial charge on any atom is 0.294 e. The van der Waals surface area contributed by atoms with Crippen LogP contribution in [0, 0.1) is 12.3 Å². The van der Waals surface area contributed by atoms with Crippen molar-refractivity contribution < 1.29 is 23.5 Å². The maximum atomic E-state index is 13.5. The summed E-state index contributed by atoms with van der Waals surface area (Å²) in [5.74, 6) is 2.84. The predicted molar refractivity (Wildman–Crippen MR) is 119 cm³/mol. The van der Waals surface area contributed by atoms with E-state index in [1.807, 2.05) is 42.5 Å². The number of rotatable bonds is 6. The SMILES string of the molecule is C#CCCN1C(=O)c2oc3ccccc3c2OC[C@]1(C)C(=O)NCc1ccccc1OC. The van der Waals surface area contributed by atoms with E-state index in [1.54, 1.807) is 20.1 Å². The van der Waals surface area contributed by atoms with E-state index in [-0.39, 0.29) is 37.8 Å². The van der Waals surface area contributed by atoms with Crippen molar-refractivity contribution in [2.24, 2.45) is 0 Å². The quantitative estimate of drug-likeness (QED) is 0.604. The van der Waals surface area contributed by atoms with Crippen molar-refractivity contribution >= 4 is 22.8 Å². The van der Waals surface area contributed by atoms with Gasteiger partial charge in [0.1, 0.15) is 17.9 Å². The molecule has 0 bridgehead atoms. The molecule has 2 amide bonds. The first-order valence-corrected chi connectivity index (χ1v) is 10.3. The van der Waals surface area contributed by atoms with Crippen LogP contribution < -0.4 is 14.8 Å².